The first kappa shape index (κ1) is 21.7. The number of aliphatic hydroxyl groups excluding tert-OH is 2. The summed E-state index contributed by atoms with van der Waals surface area (Å²) in [5, 5.41) is 21.9. The van der Waals surface area contributed by atoms with Crippen LogP contribution >= 0.6 is 0 Å². The van der Waals surface area contributed by atoms with Crippen molar-refractivity contribution in [2.24, 2.45) is 34.5 Å². The Morgan fingerprint density at radius 2 is 1.73 bits per heavy atom. The molecule has 5 heteroatoms. The third-order valence-corrected chi connectivity index (χ3v) is 10.8. The van der Waals surface area contributed by atoms with E-state index in [1.54, 1.807) is 0 Å². The van der Waals surface area contributed by atoms with E-state index in [1.807, 2.05) is 0 Å². The molecule has 170 valence electrons. The van der Waals surface area contributed by atoms with Crippen LogP contribution in [0.5, 0.6) is 0 Å². The van der Waals surface area contributed by atoms with Crippen molar-refractivity contribution in [3.8, 4) is 0 Å². The number of hydrogen-bond donors (Lipinski definition) is 2. The third kappa shape index (κ3) is 2.74. The van der Waals surface area contributed by atoms with Crippen LogP contribution in [0.2, 0.25) is 5.31 Å². The minimum absolute atomic E-state index is 0.0373. The molecule has 1 spiro atoms. The van der Waals surface area contributed by atoms with Crippen molar-refractivity contribution < 1.29 is 19.5 Å². The first-order chi connectivity index (χ1) is 13.9. The van der Waals surface area contributed by atoms with E-state index >= 15 is 0 Å². The molecule has 0 aromatic carbocycles. The predicted octanol–water partition coefficient (Wildman–Crippen LogP) is 4.82. The fourth-order valence-corrected chi connectivity index (χ4v) is 9.23. The average molecular weight is 418 g/mol. The minimum Gasteiger partial charge on any atom is -0.405 e. The van der Waals surface area contributed by atoms with Crippen LogP contribution in [0.25, 0.3) is 0 Å². The van der Waals surface area contributed by atoms with Gasteiger partial charge >= 0.3 is 7.12 Å². The van der Waals surface area contributed by atoms with Crippen LogP contribution in [0.4, 0.5) is 0 Å². The summed E-state index contributed by atoms with van der Waals surface area (Å²) in [6.45, 7) is 13.6. The quantitative estimate of drug-likeness (QED) is 0.554. The second-order valence-corrected chi connectivity index (χ2v) is 13.2. The van der Waals surface area contributed by atoms with Crippen LogP contribution in [0.15, 0.2) is 0 Å². The van der Waals surface area contributed by atoms with Crippen LogP contribution in [0, 0.1) is 34.5 Å². The summed E-state index contributed by atoms with van der Waals surface area (Å²) < 4.78 is 13.3. The highest BCUT2D eigenvalue weighted by atomic mass is 16.7. The van der Waals surface area contributed by atoms with Crippen molar-refractivity contribution in [1.29, 1.82) is 0 Å². The molecular formula is C25H43BO4. The smallest absolute Gasteiger partial charge is 0.405 e. The van der Waals surface area contributed by atoms with Crippen LogP contribution < -0.4 is 0 Å². The van der Waals surface area contributed by atoms with Crippen LogP contribution in [-0.2, 0) is 9.31 Å². The molecule has 4 nitrogen and oxygen atoms in total. The summed E-state index contributed by atoms with van der Waals surface area (Å²) in [7, 11) is -0.175. The Bertz CT molecular complexity index is 693. The summed E-state index contributed by atoms with van der Waals surface area (Å²) in [6.07, 6.45) is 8.02. The van der Waals surface area contributed by atoms with Gasteiger partial charge in [-0.15, -0.1) is 0 Å². The lowest BCUT2D eigenvalue weighted by Gasteiger charge is -2.63. The van der Waals surface area contributed by atoms with E-state index in [4.69, 9.17) is 9.31 Å². The van der Waals surface area contributed by atoms with Gasteiger partial charge in [-0.3, -0.25) is 0 Å². The molecule has 5 aliphatic rings. The molecule has 4 aliphatic carbocycles. The highest BCUT2D eigenvalue weighted by Gasteiger charge is 2.72. The summed E-state index contributed by atoms with van der Waals surface area (Å²) in [6, 6.07) is 0. The fraction of sp³-hybridized carbons (Fsp3) is 1.00. The van der Waals surface area contributed by atoms with Crippen molar-refractivity contribution in [3.05, 3.63) is 0 Å². The largest absolute Gasteiger partial charge is 0.463 e. The number of fused-ring (bicyclic) bond motifs is 6. The predicted molar refractivity (Wildman–Crippen MR) is 119 cm³/mol. The molecule has 1 aliphatic heterocycles. The molecule has 10 unspecified atom stereocenters. The van der Waals surface area contributed by atoms with Gasteiger partial charge < -0.3 is 19.5 Å². The molecule has 1 heterocycles. The number of hydrogen-bond acceptors (Lipinski definition) is 4. The maximum atomic E-state index is 11.7. The van der Waals surface area contributed by atoms with Crippen molar-refractivity contribution >= 4 is 7.12 Å². The first-order valence-corrected chi connectivity index (χ1v) is 12.6. The number of rotatable bonds is 0. The van der Waals surface area contributed by atoms with Crippen LogP contribution in [0.1, 0.15) is 92.9 Å². The van der Waals surface area contributed by atoms with Gasteiger partial charge in [0, 0.05) is 5.41 Å². The van der Waals surface area contributed by atoms with Gasteiger partial charge in [-0.1, -0.05) is 34.6 Å². The topological polar surface area (TPSA) is 58.9 Å². The highest BCUT2D eigenvalue weighted by molar-refractivity contribution is 6.49. The lowest BCUT2D eigenvalue weighted by Crippen LogP contribution is -2.63. The Morgan fingerprint density at radius 1 is 1.00 bits per heavy atom. The molecule has 0 aromatic heterocycles. The Kier molecular flexibility index (Phi) is 4.86. The molecule has 0 aromatic rings. The second-order valence-electron chi connectivity index (χ2n) is 13.2. The Morgan fingerprint density at radius 3 is 2.40 bits per heavy atom. The van der Waals surface area contributed by atoms with Gasteiger partial charge in [0.15, 0.2) is 0 Å². The van der Waals surface area contributed by atoms with Crippen LogP contribution in [0.3, 0.4) is 0 Å². The second kappa shape index (κ2) is 6.71. The normalized spacial score (nSPS) is 56.0. The monoisotopic (exact) mass is 418 g/mol. The van der Waals surface area contributed by atoms with Gasteiger partial charge in [-0.2, -0.15) is 0 Å². The van der Waals surface area contributed by atoms with Gasteiger partial charge in [0.1, 0.15) is 0 Å². The van der Waals surface area contributed by atoms with E-state index in [0.717, 1.165) is 32.1 Å². The summed E-state index contributed by atoms with van der Waals surface area (Å²) in [4.78, 5) is 0. The zero-order valence-electron chi connectivity index (χ0n) is 20.0. The Hall–Kier alpha value is -0.0951. The molecule has 5 fully saturated rings. The molecular weight excluding hydrogens is 375 g/mol. The molecule has 0 bridgehead atoms. The third-order valence-electron chi connectivity index (χ3n) is 10.8. The molecule has 2 N–H and O–H groups in total. The molecule has 0 radical (unpaired) electrons. The summed E-state index contributed by atoms with van der Waals surface area (Å²) in [5.74, 6) is 2.10. The van der Waals surface area contributed by atoms with E-state index in [0.29, 0.717) is 23.7 Å². The zero-order valence-corrected chi connectivity index (χ0v) is 20.0. The van der Waals surface area contributed by atoms with Gasteiger partial charge in [-0.05, 0) is 92.7 Å². The van der Waals surface area contributed by atoms with Crippen molar-refractivity contribution in [2.75, 3.05) is 0 Å². The molecule has 0 amide bonds. The molecule has 10 atom stereocenters. The lowest BCUT2D eigenvalue weighted by atomic mass is 9.43. The molecule has 5 rings (SSSR count). The molecule has 1 saturated heterocycles. The van der Waals surface area contributed by atoms with Crippen molar-refractivity contribution in [2.45, 2.75) is 122 Å². The molecule has 4 saturated carbocycles. The standard InChI is InChI=1S/C25H43BO4/c1-15-25(30-26(29-15)22(2,3)4)12-10-19-18-8-7-16-13-17(27)9-11-23(16,5)21(18)20(28)14-24(19,25)6/h15-21,27-28H,7-14H2,1-6H3. The fourth-order valence-electron chi connectivity index (χ4n) is 9.23. The van der Waals surface area contributed by atoms with E-state index in [-0.39, 0.29) is 47.2 Å². The Balaban J connectivity index is 1.47. The van der Waals surface area contributed by atoms with E-state index in [9.17, 15) is 10.2 Å². The Labute approximate surface area is 183 Å². The van der Waals surface area contributed by atoms with E-state index < -0.39 is 0 Å². The maximum absolute atomic E-state index is 11.7. The van der Waals surface area contributed by atoms with Crippen LogP contribution in [-0.4, -0.2) is 41.2 Å². The van der Waals surface area contributed by atoms with E-state index in [2.05, 4.69) is 41.5 Å². The highest BCUT2D eigenvalue weighted by Crippen LogP contribution is 2.70. The van der Waals surface area contributed by atoms with Crippen molar-refractivity contribution in [1.82, 2.24) is 0 Å². The van der Waals surface area contributed by atoms with Gasteiger partial charge in [-0.25, -0.2) is 0 Å². The average Bonchev–Trinajstić information content (AvgIpc) is 3.14. The number of aliphatic hydroxyl groups is 2. The molecule has 30 heavy (non-hydrogen) atoms. The zero-order chi connectivity index (χ0) is 21.7. The minimum atomic E-state index is -0.279. The first-order valence-electron chi connectivity index (χ1n) is 12.6. The SMILES string of the molecule is CC1OB(C(C)(C)C)OC12CCC1C3CCC4CC(O)CCC4(C)C3C(O)CC12C. The maximum Gasteiger partial charge on any atom is 0.463 e. The van der Waals surface area contributed by atoms with Gasteiger partial charge in [0.05, 0.1) is 23.9 Å². The van der Waals surface area contributed by atoms with Gasteiger partial charge in [0.25, 0.3) is 0 Å². The lowest BCUT2D eigenvalue weighted by molar-refractivity contribution is -0.199. The van der Waals surface area contributed by atoms with Gasteiger partial charge in [0.2, 0.25) is 0 Å². The summed E-state index contributed by atoms with van der Waals surface area (Å²) in [5.41, 5.74) is -0.141. The van der Waals surface area contributed by atoms with E-state index in [1.165, 1.54) is 19.3 Å². The van der Waals surface area contributed by atoms with Crippen molar-refractivity contribution in [3.63, 3.8) is 0 Å². The summed E-state index contributed by atoms with van der Waals surface area (Å²) >= 11 is 0.